The van der Waals surface area contributed by atoms with Crippen molar-refractivity contribution in [2.45, 2.75) is 31.6 Å². The number of ether oxygens (including phenoxy) is 1. The number of nitro groups is 1. The second-order valence-corrected chi connectivity index (χ2v) is 9.46. The van der Waals surface area contributed by atoms with Crippen molar-refractivity contribution in [3.63, 3.8) is 0 Å². The smallest absolute Gasteiger partial charge is 0.310 e. The Labute approximate surface area is 193 Å². The molecule has 0 unspecified atom stereocenters. The van der Waals surface area contributed by atoms with Crippen molar-refractivity contribution in [2.75, 3.05) is 43.0 Å². The molecule has 1 aliphatic rings. The normalized spacial score (nSPS) is 13.8. The molecule has 0 atom stereocenters. The number of anilines is 2. The fraction of sp³-hybridized carbons (Fsp3) is 0.409. The minimum absolute atomic E-state index is 0.0183. The molecule has 0 bridgehead atoms. The molecule has 2 aromatic rings. The lowest BCUT2D eigenvalue weighted by atomic mass is 10.2. The fourth-order valence-electron chi connectivity index (χ4n) is 3.78. The van der Waals surface area contributed by atoms with Gasteiger partial charge in [-0.1, -0.05) is 26.0 Å². The Morgan fingerprint density at radius 2 is 1.82 bits per heavy atom. The monoisotopic (exact) mass is 476 g/mol. The van der Waals surface area contributed by atoms with Crippen molar-refractivity contribution in [1.29, 1.82) is 0 Å². The SMILES string of the molecule is CCN(CC)S(=O)(=O)c1ccc(N2CCCC2)c(NC(=O)COc2ccccc2[N+](=O)[O-])c1. The molecule has 1 amide bonds. The molecule has 1 fully saturated rings. The second kappa shape index (κ2) is 10.6. The molecule has 0 radical (unpaired) electrons. The van der Waals surface area contributed by atoms with Gasteiger partial charge in [0.1, 0.15) is 0 Å². The van der Waals surface area contributed by atoms with Gasteiger partial charge in [0.2, 0.25) is 10.0 Å². The highest BCUT2D eigenvalue weighted by Crippen LogP contribution is 2.32. The third-order valence-electron chi connectivity index (χ3n) is 5.45. The van der Waals surface area contributed by atoms with Gasteiger partial charge in [0.25, 0.3) is 5.91 Å². The maximum Gasteiger partial charge on any atom is 0.310 e. The van der Waals surface area contributed by atoms with Crippen LogP contribution in [0, 0.1) is 10.1 Å². The topological polar surface area (TPSA) is 122 Å². The van der Waals surface area contributed by atoms with E-state index < -0.39 is 27.5 Å². The van der Waals surface area contributed by atoms with Gasteiger partial charge in [0.15, 0.2) is 12.4 Å². The summed E-state index contributed by atoms with van der Waals surface area (Å²) in [5.74, 6) is -0.568. The zero-order chi connectivity index (χ0) is 24.0. The Morgan fingerprint density at radius 3 is 2.45 bits per heavy atom. The van der Waals surface area contributed by atoms with E-state index in [4.69, 9.17) is 4.74 Å². The summed E-state index contributed by atoms with van der Waals surface area (Å²) in [5, 5.41) is 13.9. The molecule has 0 saturated carbocycles. The standard InChI is InChI=1S/C22H28N4O6S/c1-3-25(4-2)33(30,31)17-11-12-19(24-13-7-8-14-24)18(15-17)23-22(27)16-32-21-10-6-5-9-20(21)26(28)29/h5-6,9-12,15H,3-4,7-8,13-14,16H2,1-2H3,(H,23,27). The number of benzene rings is 2. The molecular weight excluding hydrogens is 448 g/mol. The lowest BCUT2D eigenvalue weighted by Gasteiger charge is -2.24. The van der Waals surface area contributed by atoms with Crippen LogP contribution in [0.2, 0.25) is 0 Å². The summed E-state index contributed by atoms with van der Waals surface area (Å²) in [6, 6.07) is 10.5. The quantitative estimate of drug-likeness (QED) is 0.413. The largest absolute Gasteiger partial charge is 0.477 e. The Balaban J connectivity index is 1.85. The molecule has 1 saturated heterocycles. The van der Waals surface area contributed by atoms with Crippen LogP contribution >= 0.6 is 0 Å². The summed E-state index contributed by atoms with van der Waals surface area (Å²) in [6.07, 6.45) is 2.02. The van der Waals surface area contributed by atoms with Crippen molar-refractivity contribution in [3.05, 3.63) is 52.6 Å². The average molecular weight is 477 g/mol. The summed E-state index contributed by atoms with van der Waals surface area (Å²) in [7, 11) is -3.71. The van der Waals surface area contributed by atoms with E-state index in [1.807, 2.05) is 0 Å². The molecule has 1 aliphatic heterocycles. The van der Waals surface area contributed by atoms with Gasteiger partial charge in [-0.25, -0.2) is 8.42 Å². The Hall–Kier alpha value is -3.18. The molecule has 2 aromatic carbocycles. The number of para-hydroxylation sites is 2. The molecule has 33 heavy (non-hydrogen) atoms. The third-order valence-corrected chi connectivity index (χ3v) is 7.50. The van der Waals surface area contributed by atoms with Crippen LogP contribution in [-0.2, 0) is 14.8 Å². The highest BCUT2D eigenvalue weighted by Gasteiger charge is 2.25. The van der Waals surface area contributed by atoms with Gasteiger partial charge in [0.05, 0.1) is 21.2 Å². The summed E-state index contributed by atoms with van der Waals surface area (Å²) in [4.78, 5) is 25.4. The highest BCUT2D eigenvalue weighted by molar-refractivity contribution is 7.89. The summed E-state index contributed by atoms with van der Waals surface area (Å²) in [6.45, 7) is 5.34. The van der Waals surface area contributed by atoms with E-state index in [9.17, 15) is 23.3 Å². The Morgan fingerprint density at radius 1 is 1.15 bits per heavy atom. The first-order chi connectivity index (χ1) is 15.8. The highest BCUT2D eigenvalue weighted by atomic mass is 32.2. The zero-order valence-corrected chi connectivity index (χ0v) is 19.5. The van der Waals surface area contributed by atoms with E-state index in [-0.39, 0.29) is 16.3 Å². The maximum absolute atomic E-state index is 13.0. The molecule has 0 aromatic heterocycles. The Kier molecular flexibility index (Phi) is 7.88. The van der Waals surface area contributed by atoms with E-state index in [0.29, 0.717) is 18.8 Å². The number of amides is 1. The van der Waals surface area contributed by atoms with Crippen LogP contribution in [0.3, 0.4) is 0 Å². The van der Waals surface area contributed by atoms with Crippen molar-refractivity contribution >= 4 is 33.0 Å². The average Bonchev–Trinajstić information content (AvgIpc) is 3.33. The van der Waals surface area contributed by atoms with Gasteiger partial charge in [0, 0.05) is 32.2 Å². The molecule has 1 heterocycles. The summed E-state index contributed by atoms with van der Waals surface area (Å²) >= 11 is 0. The third kappa shape index (κ3) is 5.60. The molecular formula is C22H28N4O6S. The van der Waals surface area contributed by atoms with Crippen LogP contribution in [0.25, 0.3) is 0 Å². The maximum atomic E-state index is 13.0. The van der Waals surface area contributed by atoms with Crippen molar-refractivity contribution in [2.24, 2.45) is 0 Å². The van der Waals surface area contributed by atoms with E-state index in [2.05, 4.69) is 10.2 Å². The van der Waals surface area contributed by atoms with Gasteiger partial charge in [-0.15, -0.1) is 0 Å². The number of nitrogens with zero attached hydrogens (tertiary/aromatic N) is 3. The first-order valence-electron chi connectivity index (χ1n) is 10.8. The van der Waals surface area contributed by atoms with E-state index in [1.165, 1.54) is 28.6 Å². The predicted molar refractivity (Wildman–Crippen MR) is 125 cm³/mol. The van der Waals surface area contributed by atoms with E-state index in [0.717, 1.165) is 31.6 Å². The van der Waals surface area contributed by atoms with Gasteiger partial charge in [-0.2, -0.15) is 4.31 Å². The number of hydrogen-bond acceptors (Lipinski definition) is 7. The number of sulfonamides is 1. The number of carbonyl (C=O) groups is 1. The van der Waals surface area contributed by atoms with Crippen LogP contribution in [0.1, 0.15) is 26.7 Å². The zero-order valence-electron chi connectivity index (χ0n) is 18.7. The van der Waals surface area contributed by atoms with Gasteiger partial charge in [-0.05, 0) is 37.1 Å². The minimum Gasteiger partial charge on any atom is -0.477 e. The fourth-order valence-corrected chi connectivity index (χ4v) is 5.27. The van der Waals surface area contributed by atoms with Crippen LogP contribution in [0.15, 0.2) is 47.4 Å². The lowest BCUT2D eigenvalue weighted by molar-refractivity contribution is -0.385. The number of carbonyl (C=O) groups excluding carboxylic acids is 1. The summed E-state index contributed by atoms with van der Waals surface area (Å²) in [5.41, 5.74) is 0.849. The number of nitrogens with one attached hydrogen (secondary N) is 1. The lowest BCUT2D eigenvalue weighted by Crippen LogP contribution is -2.31. The molecule has 11 heteroatoms. The molecule has 178 valence electrons. The van der Waals surface area contributed by atoms with E-state index in [1.54, 1.807) is 32.0 Å². The molecule has 0 spiro atoms. The Bertz CT molecular complexity index is 1110. The van der Waals surface area contributed by atoms with Gasteiger partial charge >= 0.3 is 5.69 Å². The van der Waals surface area contributed by atoms with Crippen LogP contribution in [0.4, 0.5) is 17.1 Å². The molecule has 1 N–H and O–H groups in total. The minimum atomic E-state index is -3.71. The summed E-state index contributed by atoms with van der Waals surface area (Å²) < 4.78 is 32.7. The first kappa shape index (κ1) is 24.5. The first-order valence-corrected chi connectivity index (χ1v) is 12.3. The second-order valence-electron chi connectivity index (χ2n) is 7.52. The molecule has 10 nitrogen and oxygen atoms in total. The van der Waals surface area contributed by atoms with Crippen LogP contribution in [-0.4, -0.2) is 56.3 Å². The number of nitro benzene ring substituents is 1. The molecule has 0 aliphatic carbocycles. The van der Waals surface area contributed by atoms with Crippen LogP contribution < -0.4 is 15.0 Å². The van der Waals surface area contributed by atoms with Crippen molar-refractivity contribution < 1.29 is 22.9 Å². The van der Waals surface area contributed by atoms with Gasteiger partial charge in [-0.3, -0.25) is 14.9 Å². The van der Waals surface area contributed by atoms with Crippen molar-refractivity contribution in [1.82, 2.24) is 4.31 Å². The van der Waals surface area contributed by atoms with Gasteiger partial charge < -0.3 is 15.0 Å². The molecule has 3 rings (SSSR count). The number of rotatable bonds is 10. The predicted octanol–water partition coefficient (Wildman–Crippen LogP) is 3.24. The van der Waals surface area contributed by atoms with Crippen LogP contribution in [0.5, 0.6) is 5.75 Å². The van der Waals surface area contributed by atoms with Crippen molar-refractivity contribution in [3.8, 4) is 5.75 Å². The van der Waals surface area contributed by atoms with E-state index >= 15 is 0 Å². The number of hydrogen-bond donors (Lipinski definition) is 1.